The summed E-state index contributed by atoms with van der Waals surface area (Å²) in [6, 6.07) is 7.44. The molecule has 0 aliphatic carbocycles. The minimum Gasteiger partial charge on any atom is -0.337 e. The lowest BCUT2D eigenvalue weighted by Crippen LogP contribution is -2.32. The Kier molecular flexibility index (Phi) is 4.69. The maximum Gasteiger partial charge on any atom is 0.254 e. The molecule has 2 aromatic heterocycles. The van der Waals surface area contributed by atoms with Crippen LogP contribution < -0.4 is 0 Å². The van der Waals surface area contributed by atoms with E-state index in [0.717, 1.165) is 17.9 Å². The molecule has 0 fully saturated rings. The van der Waals surface area contributed by atoms with E-state index in [0.29, 0.717) is 18.7 Å². The van der Waals surface area contributed by atoms with Crippen LogP contribution in [0.1, 0.15) is 29.5 Å². The number of aryl methyl sites for hydroxylation is 1. The Morgan fingerprint density at radius 1 is 1.17 bits per heavy atom. The van der Waals surface area contributed by atoms with E-state index in [9.17, 15) is 4.79 Å². The highest BCUT2D eigenvalue weighted by Gasteiger charge is 2.17. The van der Waals surface area contributed by atoms with Gasteiger partial charge in [-0.15, -0.1) is 10.2 Å². The molecule has 0 aliphatic rings. The van der Waals surface area contributed by atoms with Gasteiger partial charge in [-0.05, 0) is 30.7 Å². The molecule has 0 saturated carbocycles. The van der Waals surface area contributed by atoms with Crippen LogP contribution in [-0.4, -0.2) is 41.7 Å². The van der Waals surface area contributed by atoms with E-state index in [1.54, 1.807) is 23.4 Å². The molecular weight excluding hydrogens is 304 g/mol. The van der Waals surface area contributed by atoms with E-state index in [-0.39, 0.29) is 5.91 Å². The van der Waals surface area contributed by atoms with Crippen LogP contribution in [-0.2, 0) is 13.6 Å². The monoisotopic (exact) mass is 324 g/mol. The van der Waals surface area contributed by atoms with Crippen molar-refractivity contribution in [2.24, 2.45) is 7.05 Å². The minimum atomic E-state index is 0.00940. The van der Waals surface area contributed by atoms with E-state index >= 15 is 0 Å². The van der Waals surface area contributed by atoms with Gasteiger partial charge in [-0.25, -0.2) is 4.98 Å². The number of imidazole rings is 1. The normalized spacial score (nSPS) is 10.8. The standard InChI is InChI=1S/C17H20N6O/c1-3-9-22(11-16-18-8-10-21(16)2)17(24)14-4-6-15(7-5-14)23-12-19-20-13-23/h4-8,10,12-13H,3,9,11H2,1-2H3. The van der Waals surface area contributed by atoms with Crippen molar-refractivity contribution in [3.63, 3.8) is 0 Å². The van der Waals surface area contributed by atoms with Gasteiger partial charge in [0.25, 0.3) is 5.91 Å². The molecule has 0 aliphatic heterocycles. The number of benzene rings is 1. The van der Waals surface area contributed by atoms with Gasteiger partial charge in [0.15, 0.2) is 0 Å². The number of aromatic nitrogens is 5. The lowest BCUT2D eigenvalue weighted by Gasteiger charge is -2.22. The molecule has 0 radical (unpaired) electrons. The van der Waals surface area contributed by atoms with Crippen molar-refractivity contribution in [3.05, 3.63) is 60.7 Å². The van der Waals surface area contributed by atoms with Crippen LogP contribution in [0.4, 0.5) is 0 Å². The third-order valence-electron chi connectivity index (χ3n) is 3.87. The fourth-order valence-electron chi connectivity index (χ4n) is 2.53. The summed E-state index contributed by atoms with van der Waals surface area (Å²) in [5.41, 5.74) is 1.58. The predicted molar refractivity (Wildman–Crippen MR) is 89.6 cm³/mol. The summed E-state index contributed by atoms with van der Waals surface area (Å²) >= 11 is 0. The summed E-state index contributed by atoms with van der Waals surface area (Å²) < 4.78 is 3.73. The molecule has 1 amide bonds. The van der Waals surface area contributed by atoms with Crippen LogP contribution >= 0.6 is 0 Å². The Morgan fingerprint density at radius 2 is 1.88 bits per heavy atom. The third kappa shape index (κ3) is 3.34. The van der Waals surface area contributed by atoms with Crippen LogP contribution in [0.2, 0.25) is 0 Å². The zero-order chi connectivity index (χ0) is 16.9. The van der Waals surface area contributed by atoms with E-state index in [1.165, 1.54) is 0 Å². The molecule has 0 atom stereocenters. The molecule has 0 saturated heterocycles. The van der Waals surface area contributed by atoms with Gasteiger partial charge in [0.1, 0.15) is 18.5 Å². The fourth-order valence-corrected chi connectivity index (χ4v) is 2.53. The third-order valence-corrected chi connectivity index (χ3v) is 3.87. The molecular formula is C17H20N6O. The number of hydrogen-bond donors (Lipinski definition) is 0. The quantitative estimate of drug-likeness (QED) is 0.696. The molecule has 0 unspecified atom stereocenters. The molecule has 3 aromatic rings. The Bertz CT molecular complexity index is 791. The molecule has 1 aromatic carbocycles. The highest BCUT2D eigenvalue weighted by molar-refractivity contribution is 5.94. The first-order chi connectivity index (χ1) is 11.7. The smallest absolute Gasteiger partial charge is 0.254 e. The second kappa shape index (κ2) is 7.08. The van der Waals surface area contributed by atoms with Gasteiger partial charge in [-0.3, -0.25) is 9.36 Å². The zero-order valence-corrected chi connectivity index (χ0v) is 13.8. The number of amides is 1. The highest BCUT2D eigenvalue weighted by atomic mass is 16.2. The first kappa shape index (κ1) is 15.9. The largest absolute Gasteiger partial charge is 0.337 e. The summed E-state index contributed by atoms with van der Waals surface area (Å²) in [6.45, 7) is 3.26. The molecule has 2 heterocycles. The maximum absolute atomic E-state index is 12.8. The first-order valence-corrected chi connectivity index (χ1v) is 7.89. The van der Waals surface area contributed by atoms with Crippen LogP contribution in [0.25, 0.3) is 5.69 Å². The lowest BCUT2D eigenvalue weighted by atomic mass is 10.1. The van der Waals surface area contributed by atoms with Crippen molar-refractivity contribution in [1.82, 2.24) is 29.2 Å². The summed E-state index contributed by atoms with van der Waals surface area (Å²) in [6.07, 6.45) is 7.79. The minimum absolute atomic E-state index is 0.00940. The summed E-state index contributed by atoms with van der Waals surface area (Å²) in [7, 11) is 1.94. The lowest BCUT2D eigenvalue weighted by molar-refractivity contribution is 0.0737. The zero-order valence-electron chi connectivity index (χ0n) is 13.8. The Balaban J connectivity index is 1.78. The number of carbonyl (C=O) groups is 1. The number of hydrogen-bond acceptors (Lipinski definition) is 4. The van der Waals surface area contributed by atoms with E-state index in [4.69, 9.17) is 0 Å². The molecule has 0 bridgehead atoms. The van der Waals surface area contributed by atoms with Crippen molar-refractivity contribution in [3.8, 4) is 5.69 Å². The van der Waals surface area contributed by atoms with Crippen LogP contribution in [0, 0.1) is 0 Å². The molecule has 0 N–H and O–H groups in total. The average molecular weight is 324 g/mol. The number of rotatable bonds is 6. The van der Waals surface area contributed by atoms with E-state index in [1.807, 2.05) is 47.0 Å². The van der Waals surface area contributed by atoms with Crippen molar-refractivity contribution in [1.29, 1.82) is 0 Å². The Hall–Kier alpha value is -2.96. The molecule has 124 valence electrons. The maximum atomic E-state index is 12.8. The second-order valence-corrected chi connectivity index (χ2v) is 5.60. The van der Waals surface area contributed by atoms with E-state index < -0.39 is 0 Å². The van der Waals surface area contributed by atoms with E-state index in [2.05, 4.69) is 22.1 Å². The molecule has 7 heteroatoms. The van der Waals surface area contributed by atoms with Gasteiger partial charge in [-0.1, -0.05) is 6.92 Å². The topological polar surface area (TPSA) is 68.8 Å². The van der Waals surface area contributed by atoms with Crippen molar-refractivity contribution in [2.75, 3.05) is 6.54 Å². The van der Waals surface area contributed by atoms with Gasteiger partial charge in [0.2, 0.25) is 0 Å². The van der Waals surface area contributed by atoms with Gasteiger partial charge in [-0.2, -0.15) is 0 Å². The first-order valence-electron chi connectivity index (χ1n) is 7.89. The Morgan fingerprint density at radius 3 is 2.46 bits per heavy atom. The van der Waals surface area contributed by atoms with Crippen LogP contribution in [0.15, 0.2) is 49.3 Å². The molecule has 7 nitrogen and oxygen atoms in total. The number of nitrogens with zero attached hydrogens (tertiary/aromatic N) is 6. The van der Waals surface area contributed by atoms with Crippen LogP contribution in [0.5, 0.6) is 0 Å². The SMILES string of the molecule is CCCN(Cc1nccn1C)C(=O)c1ccc(-n2cnnc2)cc1. The summed E-state index contributed by atoms with van der Waals surface area (Å²) in [5.74, 6) is 0.882. The second-order valence-electron chi connectivity index (χ2n) is 5.60. The molecule has 24 heavy (non-hydrogen) atoms. The van der Waals surface area contributed by atoms with Crippen molar-refractivity contribution >= 4 is 5.91 Å². The van der Waals surface area contributed by atoms with Crippen molar-refractivity contribution in [2.45, 2.75) is 19.9 Å². The fraction of sp³-hybridized carbons (Fsp3) is 0.294. The van der Waals surface area contributed by atoms with Gasteiger partial charge >= 0.3 is 0 Å². The Labute approximate surface area is 140 Å². The summed E-state index contributed by atoms with van der Waals surface area (Å²) in [5, 5.41) is 7.57. The van der Waals surface area contributed by atoms with Gasteiger partial charge in [0, 0.05) is 37.2 Å². The van der Waals surface area contributed by atoms with Crippen molar-refractivity contribution < 1.29 is 4.79 Å². The van der Waals surface area contributed by atoms with Gasteiger partial charge in [0.05, 0.1) is 6.54 Å². The highest BCUT2D eigenvalue weighted by Crippen LogP contribution is 2.13. The molecule has 0 spiro atoms. The molecule has 3 rings (SSSR count). The predicted octanol–water partition coefficient (Wildman–Crippen LogP) is 2.05. The average Bonchev–Trinajstić information content (AvgIpc) is 3.26. The number of carbonyl (C=O) groups excluding carboxylic acids is 1. The summed E-state index contributed by atoms with van der Waals surface area (Å²) in [4.78, 5) is 19.0. The van der Waals surface area contributed by atoms with Gasteiger partial charge < -0.3 is 9.47 Å². The van der Waals surface area contributed by atoms with Crippen LogP contribution in [0.3, 0.4) is 0 Å².